The molecular formula is C21H30IN3O3. The number of guanidine groups is 1. The number of methoxy groups -OCH3 is 2. The monoisotopic (exact) mass is 499 g/mol. The van der Waals surface area contributed by atoms with Gasteiger partial charge < -0.3 is 25.2 Å². The number of nitrogens with one attached hydrogen (secondary N) is 2. The molecule has 0 saturated heterocycles. The molecule has 0 spiro atoms. The summed E-state index contributed by atoms with van der Waals surface area (Å²) in [6.07, 6.45) is 1.03. The first-order valence-electron chi connectivity index (χ1n) is 9.02. The molecule has 0 aliphatic carbocycles. The second-order valence-corrected chi connectivity index (χ2v) is 6.24. The first kappa shape index (κ1) is 23.9. The van der Waals surface area contributed by atoms with E-state index in [0.717, 1.165) is 12.0 Å². The zero-order chi connectivity index (χ0) is 19.8. The van der Waals surface area contributed by atoms with Crippen LogP contribution in [0.25, 0.3) is 0 Å². The molecule has 2 aromatic carbocycles. The number of aryl methyl sites for hydroxylation is 1. The first-order valence-corrected chi connectivity index (χ1v) is 9.02. The Balaban J connectivity index is 0.00000392. The summed E-state index contributed by atoms with van der Waals surface area (Å²) in [5.41, 5.74) is 3.43. The van der Waals surface area contributed by atoms with Crippen LogP contribution in [0.2, 0.25) is 0 Å². The van der Waals surface area contributed by atoms with E-state index in [-0.39, 0.29) is 35.8 Å². The van der Waals surface area contributed by atoms with E-state index < -0.39 is 0 Å². The zero-order valence-electron chi connectivity index (χ0n) is 17.1. The number of ether oxygens (including phenoxy) is 2. The number of phenolic OH excluding ortho intramolecular Hbond substituents is 1. The number of hydrogen-bond donors (Lipinski definition) is 3. The molecule has 154 valence electrons. The van der Waals surface area contributed by atoms with Gasteiger partial charge in [-0.2, -0.15) is 0 Å². The highest BCUT2D eigenvalue weighted by atomic mass is 127. The predicted molar refractivity (Wildman–Crippen MR) is 124 cm³/mol. The van der Waals surface area contributed by atoms with Crippen LogP contribution in [0.5, 0.6) is 17.2 Å². The Morgan fingerprint density at radius 2 is 1.64 bits per heavy atom. The molecular weight excluding hydrogens is 469 g/mol. The van der Waals surface area contributed by atoms with Crippen LogP contribution in [-0.2, 0) is 13.0 Å². The lowest BCUT2D eigenvalue weighted by molar-refractivity contribution is 0.339. The van der Waals surface area contributed by atoms with Crippen molar-refractivity contribution in [3.63, 3.8) is 0 Å². The number of halogens is 1. The van der Waals surface area contributed by atoms with E-state index in [2.05, 4.69) is 53.7 Å². The molecule has 0 aromatic heterocycles. The fourth-order valence-electron chi connectivity index (χ4n) is 2.76. The van der Waals surface area contributed by atoms with Crippen molar-refractivity contribution in [2.75, 3.05) is 21.3 Å². The standard InChI is InChI=1S/C21H29N3O3.HI/c1-6-15-7-9-17(10-8-15)14(2)24-21(22-3)23-13-16-11-18(26-4)20(25)19(12-16)27-5;/h7-12,14,25H,6,13H2,1-5H3,(H2,22,23,24);1H. The van der Waals surface area contributed by atoms with Crippen LogP contribution in [0.4, 0.5) is 0 Å². The lowest BCUT2D eigenvalue weighted by Gasteiger charge is -2.19. The summed E-state index contributed by atoms with van der Waals surface area (Å²) in [6, 6.07) is 12.2. The number of aromatic hydroxyl groups is 1. The molecule has 2 rings (SSSR count). The van der Waals surface area contributed by atoms with Crippen LogP contribution in [0, 0.1) is 0 Å². The SMILES string of the molecule is CCc1ccc(C(C)NC(=NC)NCc2cc(OC)c(O)c(OC)c2)cc1.I. The maximum Gasteiger partial charge on any atom is 0.200 e. The van der Waals surface area contributed by atoms with Gasteiger partial charge in [-0.3, -0.25) is 4.99 Å². The van der Waals surface area contributed by atoms with Gasteiger partial charge in [0, 0.05) is 13.6 Å². The Hall–Kier alpha value is -2.16. The molecule has 6 nitrogen and oxygen atoms in total. The van der Waals surface area contributed by atoms with Crippen molar-refractivity contribution in [3.8, 4) is 17.2 Å². The average Bonchev–Trinajstić information content (AvgIpc) is 2.71. The lowest BCUT2D eigenvalue weighted by Crippen LogP contribution is -2.38. The van der Waals surface area contributed by atoms with Crippen LogP contribution in [0.15, 0.2) is 41.4 Å². The van der Waals surface area contributed by atoms with Gasteiger partial charge in [-0.25, -0.2) is 0 Å². The fourth-order valence-corrected chi connectivity index (χ4v) is 2.76. The Labute approximate surface area is 184 Å². The Bertz CT molecular complexity index is 754. The van der Waals surface area contributed by atoms with Crippen molar-refractivity contribution < 1.29 is 14.6 Å². The lowest BCUT2D eigenvalue weighted by atomic mass is 10.1. The van der Waals surface area contributed by atoms with E-state index in [0.29, 0.717) is 24.0 Å². The predicted octanol–water partition coefficient (Wildman–Crippen LogP) is 4.02. The van der Waals surface area contributed by atoms with Crippen LogP contribution in [0.1, 0.15) is 36.6 Å². The second kappa shape index (κ2) is 11.6. The van der Waals surface area contributed by atoms with Crippen molar-refractivity contribution in [2.24, 2.45) is 4.99 Å². The van der Waals surface area contributed by atoms with Crippen molar-refractivity contribution in [1.82, 2.24) is 10.6 Å². The Morgan fingerprint density at radius 3 is 2.11 bits per heavy atom. The van der Waals surface area contributed by atoms with Crippen LogP contribution >= 0.6 is 24.0 Å². The molecule has 2 aromatic rings. The number of benzene rings is 2. The van der Waals surface area contributed by atoms with Gasteiger partial charge in [0.2, 0.25) is 5.75 Å². The summed E-state index contributed by atoms with van der Waals surface area (Å²) in [6.45, 7) is 4.75. The third-order valence-electron chi connectivity index (χ3n) is 4.46. The maximum absolute atomic E-state index is 10.0. The molecule has 3 N–H and O–H groups in total. The van der Waals surface area contributed by atoms with Gasteiger partial charge in [-0.15, -0.1) is 24.0 Å². The minimum atomic E-state index is -0.00425. The minimum Gasteiger partial charge on any atom is -0.502 e. The summed E-state index contributed by atoms with van der Waals surface area (Å²) < 4.78 is 10.4. The van der Waals surface area contributed by atoms with Gasteiger partial charge in [-0.1, -0.05) is 31.2 Å². The highest BCUT2D eigenvalue weighted by molar-refractivity contribution is 14.0. The van der Waals surface area contributed by atoms with E-state index in [1.807, 2.05) is 0 Å². The Kier molecular flexibility index (Phi) is 9.92. The minimum absolute atomic E-state index is 0. The maximum atomic E-state index is 10.0. The number of hydrogen-bond acceptors (Lipinski definition) is 4. The molecule has 0 radical (unpaired) electrons. The topological polar surface area (TPSA) is 75.1 Å². The number of nitrogens with zero attached hydrogens (tertiary/aromatic N) is 1. The van der Waals surface area contributed by atoms with Gasteiger partial charge in [0.05, 0.1) is 20.3 Å². The van der Waals surface area contributed by atoms with E-state index in [4.69, 9.17) is 9.47 Å². The molecule has 0 fully saturated rings. The fraction of sp³-hybridized carbons (Fsp3) is 0.381. The van der Waals surface area contributed by atoms with Crippen molar-refractivity contribution in [3.05, 3.63) is 53.1 Å². The third-order valence-corrected chi connectivity index (χ3v) is 4.46. The first-order chi connectivity index (χ1) is 13.0. The van der Waals surface area contributed by atoms with E-state index in [1.54, 1.807) is 19.2 Å². The van der Waals surface area contributed by atoms with Gasteiger partial charge in [0.25, 0.3) is 0 Å². The summed E-state index contributed by atoms with van der Waals surface area (Å²) >= 11 is 0. The molecule has 1 unspecified atom stereocenters. The summed E-state index contributed by atoms with van der Waals surface area (Å²) in [5, 5.41) is 16.7. The highest BCUT2D eigenvalue weighted by Crippen LogP contribution is 2.37. The van der Waals surface area contributed by atoms with Gasteiger partial charge in [-0.05, 0) is 42.2 Å². The molecule has 0 aliphatic rings. The highest BCUT2D eigenvalue weighted by Gasteiger charge is 2.12. The molecule has 0 heterocycles. The third kappa shape index (κ3) is 6.19. The van der Waals surface area contributed by atoms with Gasteiger partial charge in [0.15, 0.2) is 17.5 Å². The van der Waals surface area contributed by atoms with Gasteiger partial charge >= 0.3 is 0 Å². The molecule has 28 heavy (non-hydrogen) atoms. The Morgan fingerprint density at radius 1 is 1.07 bits per heavy atom. The summed E-state index contributed by atoms with van der Waals surface area (Å²) in [4.78, 5) is 4.29. The second-order valence-electron chi connectivity index (χ2n) is 6.24. The molecule has 0 bridgehead atoms. The normalized spacial score (nSPS) is 12.0. The van der Waals surface area contributed by atoms with Crippen molar-refractivity contribution in [2.45, 2.75) is 32.9 Å². The number of rotatable bonds is 7. The summed E-state index contributed by atoms with van der Waals surface area (Å²) in [5.74, 6) is 1.43. The molecule has 7 heteroatoms. The average molecular weight is 499 g/mol. The number of aliphatic imine (C=N–C) groups is 1. The smallest absolute Gasteiger partial charge is 0.200 e. The van der Waals surface area contributed by atoms with Gasteiger partial charge in [0.1, 0.15) is 0 Å². The quantitative estimate of drug-likeness (QED) is 0.305. The van der Waals surface area contributed by atoms with Crippen LogP contribution < -0.4 is 20.1 Å². The number of phenols is 1. The molecule has 1 atom stereocenters. The largest absolute Gasteiger partial charge is 0.502 e. The van der Waals surface area contributed by atoms with E-state index in [9.17, 15) is 5.11 Å². The summed E-state index contributed by atoms with van der Waals surface area (Å²) in [7, 11) is 4.76. The van der Waals surface area contributed by atoms with Crippen molar-refractivity contribution in [1.29, 1.82) is 0 Å². The van der Waals surface area contributed by atoms with E-state index >= 15 is 0 Å². The van der Waals surface area contributed by atoms with E-state index in [1.165, 1.54) is 25.3 Å². The molecule has 0 saturated carbocycles. The van der Waals surface area contributed by atoms with Crippen LogP contribution in [-0.4, -0.2) is 32.3 Å². The molecule has 0 amide bonds. The van der Waals surface area contributed by atoms with Crippen molar-refractivity contribution >= 4 is 29.9 Å². The van der Waals surface area contributed by atoms with Crippen LogP contribution in [0.3, 0.4) is 0 Å². The zero-order valence-corrected chi connectivity index (χ0v) is 19.4. The molecule has 0 aliphatic heterocycles.